The Morgan fingerprint density at radius 2 is 2.20 bits per heavy atom. The molecule has 0 bridgehead atoms. The summed E-state index contributed by atoms with van der Waals surface area (Å²) in [5, 5.41) is 0. The van der Waals surface area contributed by atoms with Crippen LogP contribution in [-0.4, -0.2) is 21.1 Å². The molecule has 1 aliphatic rings. The van der Waals surface area contributed by atoms with Crippen molar-refractivity contribution >= 4 is 44.9 Å². The van der Waals surface area contributed by atoms with Crippen molar-refractivity contribution in [1.82, 2.24) is 9.88 Å². The first kappa shape index (κ1) is 12.0. The average molecular weight is 276 g/mol. The van der Waals surface area contributed by atoms with Crippen molar-refractivity contribution in [3.63, 3.8) is 0 Å². The lowest BCUT2D eigenvalue weighted by molar-refractivity contribution is 0.282. The Balaban J connectivity index is 2.11. The maximum Gasteiger partial charge on any atom is 0.123 e. The Bertz CT molecular complexity index is 330. The zero-order chi connectivity index (χ0) is 10.7. The number of thiol groups is 2. The highest BCUT2D eigenvalue weighted by molar-refractivity contribution is 8.78. The summed E-state index contributed by atoms with van der Waals surface area (Å²) in [4.78, 5) is 6.76. The SMILES string of the molecule is SSC(SS)N1CCc2ncccc2C1. The number of pyridine rings is 1. The number of nitrogens with zero attached hydrogens (tertiary/aromatic N) is 2. The minimum absolute atomic E-state index is 0.310. The molecule has 2 nitrogen and oxygen atoms in total. The molecule has 0 saturated heterocycles. The van der Waals surface area contributed by atoms with E-state index in [2.05, 4.69) is 39.3 Å². The molecule has 6 heteroatoms. The second-order valence-electron chi connectivity index (χ2n) is 3.35. The minimum Gasteiger partial charge on any atom is -0.277 e. The highest BCUT2D eigenvalue weighted by Crippen LogP contribution is 2.34. The first-order valence-electron chi connectivity index (χ1n) is 4.62. The second kappa shape index (κ2) is 5.72. The van der Waals surface area contributed by atoms with Crippen LogP contribution in [-0.2, 0) is 13.0 Å². The number of hydrogen-bond donors (Lipinski definition) is 2. The Morgan fingerprint density at radius 3 is 2.93 bits per heavy atom. The monoisotopic (exact) mass is 276 g/mol. The van der Waals surface area contributed by atoms with Gasteiger partial charge in [-0.1, -0.05) is 27.7 Å². The summed E-state index contributed by atoms with van der Waals surface area (Å²) in [6, 6.07) is 4.15. The minimum atomic E-state index is 0.310. The van der Waals surface area contributed by atoms with Gasteiger partial charge in [-0.2, -0.15) is 0 Å². The molecule has 1 aliphatic heterocycles. The van der Waals surface area contributed by atoms with Crippen LogP contribution in [0.4, 0.5) is 0 Å². The van der Waals surface area contributed by atoms with Gasteiger partial charge in [0, 0.05) is 31.4 Å². The van der Waals surface area contributed by atoms with Gasteiger partial charge >= 0.3 is 0 Å². The van der Waals surface area contributed by atoms with Crippen molar-refractivity contribution in [2.24, 2.45) is 0 Å². The van der Waals surface area contributed by atoms with Gasteiger partial charge in [0.1, 0.15) is 4.71 Å². The van der Waals surface area contributed by atoms with Crippen LogP contribution in [0.2, 0.25) is 0 Å². The molecular weight excluding hydrogens is 264 g/mol. The van der Waals surface area contributed by atoms with Crippen molar-refractivity contribution in [3.8, 4) is 0 Å². The van der Waals surface area contributed by atoms with Crippen LogP contribution in [0.5, 0.6) is 0 Å². The van der Waals surface area contributed by atoms with Gasteiger partial charge < -0.3 is 0 Å². The number of fused-ring (bicyclic) bond motifs is 1. The van der Waals surface area contributed by atoms with Gasteiger partial charge in [-0.25, -0.2) is 0 Å². The molecule has 0 aliphatic carbocycles. The third kappa shape index (κ3) is 2.79. The number of rotatable bonds is 3. The number of hydrogen-bond acceptors (Lipinski definition) is 6. The molecular formula is C9H12N2S4. The molecule has 0 spiro atoms. The molecule has 2 heterocycles. The van der Waals surface area contributed by atoms with E-state index in [0.717, 1.165) is 19.5 Å². The fraction of sp³-hybridized carbons (Fsp3) is 0.444. The third-order valence-corrected chi connectivity index (χ3v) is 6.06. The van der Waals surface area contributed by atoms with Gasteiger partial charge in [0.2, 0.25) is 0 Å². The molecule has 0 N–H and O–H groups in total. The van der Waals surface area contributed by atoms with E-state index in [9.17, 15) is 0 Å². The summed E-state index contributed by atoms with van der Waals surface area (Å²) < 4.78 is 0.310. The molecule has 0 radical (unpaired) electrons. The summed E-state index contributed by atoms with van der Waals surface area (Å²) in [6.45, 7) is 1.99. The standard InChI is InChI=1S/C9H12N2S4/c12-14-9(15-13)11-5-3-8-7(6-11)2-1-4-10-8/h1-2,4,9,12-13H,3,5-6H2. The molecule has 2 rings (SSSR count). The van der Waals surface area contributed by atoms with Gasteiger partial charge in [0.05, 0.1) is 0 Å². The van der Waals surface area contributed by atoms with Gasteiger partial charge in [-0.3, -0.25) is 9.88 Å². The van der Waals surface area contributed by atoms with Gasteiger partial charge in [0.25, 0.3) is 0 Å². The lowest BCUT2D eigenvalue weighted by Gasteiger charge is -2.32. The highest BCUT2D eigenvalue weighted by Gasteiger charge is 2.23. The predicted molar refractivity (Wildman–Crippen MR) is 75.3 cm³/mol. The summed E-state index contributed by atoms with van der Waals surface area (Å²) in [5.74, 6) is 0. The third-order valence-electron chi connectivity index (χ3n) is 2.47. The van der Waals surface area contributed by atoms with Crippen molar-refractivity contribution in [2.45, 2.75) is 17.7 Å². The Labute approximate surface area is 108 Å². The van der Waals surface area contributed by atoms with E-state index < -0.39 is 0 Å². The van der Waals surface area contributed by atoms with Crippen molar-refractivity contribution in [3.05, 3.63) is 29.6 Å². The summed E-state index contributed by atoms with van der Waals surface area (Å²) in [6.07, 6.45) is 2.89. The normalized spacial score (nSPS) is 16.7. The molecule has 0 saturated carbocycles. The van der Waals surface area contributed by atoms with Crippen LogP contribution < -0.4 is 0 Å². The summed E-state index contributed by atoms with van der Waals surface area (Å²) in [5.41, 5.74) is 2.57. The number of aromatic nitrogens is 1. The summed E-state index contributed by atoms with van der Waals surface area (Å²) in [7, 11) is 3.08. The Kier molecular flexibility index (Phi) is 4.57. The van der Waals surface area contributed by atoms with Crippen LogP contribution in [0, 0.1) is 0 Å². The van der Waals surface area contributed by atoms with Gasteiger partial charge in [0.15, 0.2) is 0 Å². The molecule has 0 aromatic carbocycles. The first-order valence-corrected chi connectivity index (χ1v) is 8.49. The fourth-order valence-electron chi connectivity index (χ4n) is 1.72. The molecule has 15 heavy (non-hydrogen) atoms. The maximum absolute atomic E-state index is 4.39. The van der Waals surface area contributed by atoms with Crippen molar-refractivity contribution in [2.75, 3.05) is 6.54 Å². The van der Waals surface area contributed by atoms with Crippen molar-refractivity contribution < 1.29 is 0 Å². The molecule has 0 unspecified atom stereocenters. The molecule has 0 atom stereocenters. The van der Waals surface area contributed by atoms with E-state index in [-0.39, 0.29) is 0 Å². The van der Waals surface area contributed by atoms with Crippen LogP contribution in [0.1, 0.15) is 11.3 Å². The zero-order valence-corrected chi connectivity index (χ0v) is 11.5. The van der Waals surface area contributed by atoms with Crippen LogP contribution in [0.3, 0.4) is 0 Å². The molecule has 1 aromatic heterocycles. The fourth-order valence-corrected chi connectivity index (χ4v) is 4.69. The summed E-state index contributed by atoms with van der Waals surface area (Å²) >= 11 is 8.53. The maximum atomic E-state index is 4.39. The van der Waals surface area contributed by atoms with E-state index in [1.54, 1.807) is 0 Å². The topological polar surface area (TPSA) is 16.1 Å². The van der Waals surface area contributed by atoms with Crippen molar-refractivity contribution in [1.29, 1.82) is 0 Å². The molecule has 0 amide bonds. The molecule has 82 valence electrons. The highest BCUT2D eigenvalue weighted by atomic mass is 33.1. The van der Waals surface area contributed by atoms with Gasteiger partial charge in [-0.05, 0) is 11.6 Å². The first-order chi connectivity index (χ1) is 7.35. The van der Waals surface area contributed by atoms with Crippen LogP contribution >= 0.6 is 44.9 Å². The Hall–Kier alpha value is 0.510. The van der Waals surface area contributed by atoms with Crippen LogP contribution in [0.25, 0.3) is 0 Å². The Morgan fingerprint density at radius 1 is 1.40 bits per heavy atom. The van der Waals surface area contributed by atoms with E-state index in [1.165, 1.54) is 32.8 Å². The second-order valence-corrected chi connectivity index (χ2v) is 6.23. The van der Waals surface area contributed by atoms with E-state index in [1.807, 2.05) is 12.3 Å². The zero-order valence-electron chi connectivity index (χ0n) is 8.04. The van der Waals surface area contributed by atoms with E-state index in [0.29, 0.717) is 4.71 Å². The van der Waals surface area contributed by atoms with E-state index >= 15 is 0 Å². The molecule has 0 fully saturated rings. The van der Waals surface area contributed by atoms with Crippen LogP contribution in [0.15, 0.2) is 18.3 Å². The largest absolute Gasteiger partial charge is 0.277 e. The smallest absolute Gasteiger partial charge is 0.123 e. The quantitative estimate of drug-likeness (QED) is 0.501. The van der Waals surface area contributed by atoms with E-state index in [4.69, 9.17) is 0 Å². The van der Waals surface area contributed by atoms with Gasteiger partial charge in [-0.15, -0.1) is 23.3 Å². The molecule has 1 aromatic rings. The lowest BCUT2D eigenvalue weighted by atomic mass is 10.1. The lowest BCUT2D eigenvalue weighted by Crippen LogP contribution is -2.35. The predicted octanol–water partition coefficient (Wildman–Crippen LogP) is 2.88. The average Bonchev–Trinajstić information content (AvgIpc) is 2.30.